The second-order valence-electron chi connectivity index (χ2n) is 7.94. The highest BCUT2D eigenvalue weighted by molar-refractivity contribution is 5.95. The number of anilines is 1. The summed E-state index contributed by atoms with van der Waals surface area (Å²) in [4.78, 5) is 37.2. The molecule has 4 heterocycles. The van der Waals surface area contributed by atoms with Gasteiger partial charge in [-0.1, -0.05) is 6.92 Å². The van der Waals surface area contributed by atoms with Gasteiger partial charge in [-0.25, -0.2) is 4.98 Å². The zero-order valence-electron chi connectivity index (χ0n) is 16.9. The Hall–Kier alpha value is -2.64. The number of nitrogens with one attached hydrogen (secondary N) is 1. The minimum Gasteiger partial charge on any atom is -0.342 e. The number of H-pyrrole nitrogens is 1. The molecule has 0 spiro atoms. The number of aromatic nitrogens is 4. The van der Waals surface area contributed by atoms with Gasteiger partial charge in [-0.2, -0.15) is 5.10 Å². The molecule has 0 atom stereocenters. The van der Waals surface area contributed by atoms with Gasteiger partial charge >= 0.3 is 0 Å². The van der Waals surface area contributed by atoms with E-state index in [4.69, 9.17) is 4.98 Å². The van der Waals surface area contributed by atoms with E-state index in [-0.39, 0.29) is 11.5 Å². The van der Waals surface area contributed by atoms with Gasteiger partial charge in [0.15, 0.2) is 0 Å². The molecule has 2 aliphatic heterocycles. The number of carbonyl (C=O) groups excluding carboxylic acids is 1. The molecule has 28 heavy (non-hydrogen) atoms. The number of nitrogens with zero attached hydrogens (tertiary/aromatic N) is 5. The Morgan fingerprint density at radius 1 is 1.29 bits per heavy atom. The summed E-state index contributed by atoms with van der Waals surface area (Å²) >= 11 is 0. The zero-order valence-corrected chi connectivity index (χ0v) is 16.9. The first-order valence-corrected chi connectivity index (χ1v) is 10.2. The van der Waals surface area contributed by atoms with Gasteiger partial charge in [-0.05, 0) is 39.0 Å². The maximum Gasteiger partial charge on any atom is 0.257 e. The topological polar surface area (TPSA) is 87.1 Å². The van der Waals surface area contributed by atoms with Crippen LogP contribution >= 0.6 is 0 Å². The summed E-state index contributed by atoms with van der Waals surface area (Å²) < 4.78 is 1.78. The van der Waals surface area contributed by atoms with E-state index >= 15 is 0 Å². The third-order valence-electron chi connectivity index (χ3n) is 5.93. The molecule has 0 radical (unpaired) electrons. The van der Waals surface area contributed by atoms with Gasteiger partial charge in [-0.3, -0.25) is 19.3 Å². The van der Waals surface area contributed by atoms with Crippen molar-refractivity contribution in [1.82, 2.24) is 24.6 Å². The molecule has 8 nitrogen and oxygen atoms in total. The van der Waals surface area contributed by atoms with Crippen molar-refractivity contribution in [3.8, 4) is 0 Å². The fourth-order valence-electron chi connectivity index (χ4n) is 4.03. The highest BCUT2D eigenvalue weighted by Crippen LogP contribution is 2.22. The number of carbonyl (C=O) groups is 1. The molecule has 150 valence electrons. The highest BCUT2D eigenvalue weighted by atomic mass is 16.2. The molecule has 0 unspecified atom stereocenters. The minimum atomic E-state index is -0.0688. The van der Waals surface area contributed by atoms with Crippen molar-refractivity contribution in [3.05, 3.63) is 39.1 Å². The minimum absolute atomic E-state index is 0.0433. The molecular weight excluding hydrogens is 356 g/mol. The predicted molar refractivity (Wildman–Crippen MR) is 107 cm³/mol. The number of amides is 1. The molecule has 2 aliphatic rings. The van der Waals surface area contributed by atoms with Crippen molar-refractivity contribution in [2.45, 2.75) is 53.1 Å². The van der Waals surface area contributed by atoms with Crippen molar-refractivity contribution in [3.63, 3.8) is 0 Å². The molecule has 8 heteroatoms. The maximum absolute atomic E-state index is 13.0. The third-order valence-corrected chi connectivity index (χ3v) is 5.93. The summed E-state index contributed by atoms with van der Waals surface area (Å²) in [6, 6.07) is 0. The van der Waals surface area contributed by atoms with Gasteiger partial charge in [0.2, 0.25) is 5.95 Å². The summed E-state index contributed by atoms with van der Waals surface area (Å²) in [6.07, 6.45) is 4.54. The van der Waals surface area contributed by atoms with Gasteiger partial charge in [-0.15, -0.1) is 0 Å². The van der Waals surface area contributed by atoms with Crippen LogP contribution in [-0.4, -0.2) is 50.2 Å². The summed E-state index contributed by atoms with van der Waals surface area (Å²) in [5.41, 5.74) is 2.72. The van der Waals surface area contributed by atoms with Crippen molar-refractivity contribution in [2.24, 2.45) is 5.92 Å². The fraction of sp³-hybridized carbons (Fsp3) is 0.600. The van der Waals surface area contributed by atoms with E-state index in [2.05, 4.69) is 21.9 Å². The number of hydrogen-bond acceptors (Lipinski definition) is 5. The smallest absolute Gasteiger partial charge is 0.257 e. The van der Waals surface area contributed by atoms with Crippen LogP contribution in [0.1, 0.15) is 54.0 Å². The van der Waals surface area contributed by atoms with Crippen LogP contribution in [-0.2, 0) is 19.5 Å². The Morgan fingerprint density at radius 3 is 2.71 bits per heavy atom. The average molecular weight is 384 g/mol. The van der Waals surface area contributed by atoms with Crippen LogP contribution in [0.25, 0.3) is 0 Å². The second kappa shape index (κ2) is 7.41. The molecule has 1 fully saturated rings. The number of aryl methyl sites for hydroxylation is 2. The van der Waals surface area contributed by atoms with Crippen LogP contribution in [0.4, 0.5) is 5.95 Å². The Morgan fingerprint density at radius 2 is 2.04 bits per heavy atom. The van der Waals surface area contributed by atoms with Gasteiger partial charge in [0.05, 0.1) is 23.5 Å². The standard InChI is InChI=1S/C20H28N6O2/c1-4-26-11-16(14(3)23-26)19(28)25-10-7-15-17(12-25)21-20(22-18(15)27)24-8-5-13(2)6-9-24/h11,13H,4-10,12H2,1-3H3,(H,21,22,27). The van der Waals surface area contributed by atoms with Crippen molar-refractivity contribution in [1.29, 1.82) is 0 Å². The van der Waals surface area contributed by atoms with Crippen LogP contribution in [0.3, 0.4) is 0 Å². The third kappa shape index (κ3) is 3.43. The lowest BCUT2D eigenvalue weighted by molar-refractivity contribution is 0.0730. The molecule has 1 saturated heterocycles. The average Bonchev–Trinajstić information content (AvgIpc) is 3.08. The lowest BCUT2D eigenvalue weighted by Crippen LogP contribution is -2.41. The van der Waals surface area contributed by atoms with Gasteiger partial charge in [0.25, 0.3) is 11.5 Å². The number of aromatic amines is 1. The lowest BCUT2D eigenvalue weighted by Gasteiger charge is -2.32. The van der Waals surface area contributed by atoms with E-state index in [1.165, 1.54) is 0 Å². The van der Waals surface area contributed by atoms with E-state index in [0.717, 1.165) is 43.9 Å². The molecule has 0 aromatic carbocycles. The van der Waals surface area contributed by atoms with Crippen LogP contribution in [0.15, 0.2) is 11.0 Å². The van der Waals surface area contributed by atoms with E-state index < -0.39 is 0 Å². The van der Waals surface area contributed by atoms with Gasteiger partial charge < -0.3 is 9.80 Å². The summed E-state index contributed by atoms with van der Waals surface area (Å²) in [6.45, 7) is 9.53. The first-order valence-electron chi connectivity index (χ1n) is 10.2. The molecular formula is C20H28N6O2. The normalized spacial score (nSPS) is 17.7. The predicted octanol–water partition coefficient (Wildman–Crippen LogP) is 1.73. The molecule has 0 bridgehead atoms. The lowest BCUT2D eigenvalue weighted by atomic mass is 9.99. The summed E-state index contributed by atoms with van der Waals surface area (Å²) in [5.74, 6) is 1.30. The molecule has 0 saturated carbocycles. The molecule has 1 amide bonds. The monoisotopic (exact) mass is 384 g/mol. The molecule has 2 aromatic rings. The quantitative estimate of drug-likeness (QED) is 0.871. The van der Waals surface area contributed by atoms with E-state index in [9.17, 15) is 9.59 Å². The first kappa shape index (κ1) is 18.7. The van der Waals surface area contributed by atoms with E-state index in [1.54, 1.807) is 15.8 Å². The van der Waals surface area contributed by atoms with Crippen LogP contribution in [0.2, 0.25) is 0 Å². The Balaban J connectivity index is 1.58. The summed E-state index contributed by atoms with van der Waals surface area (Å²) in [5, 5.41) is 4.38. The SMILES string of the molecule is CCn1cc(C(=O)N2CCc3c(nc(N4CCC(C)CC4)[nH]c3=O)C2)c(C)n1. The second-order valence-corrected chi connectivity index (χ2v) is 7.94. The van der Waals surface area contributed by atoms with Crippen molar-refractivity contribution >= 4 is 11.9 Å². The largest absolute Gasteiger partial charge is 0.342 e. The zero-order chi connectivity index (χ0) is 19.8. The molecule has 2 aromatic heterocycles. The Labute approximate surface area is 164 Å². The van der Waals surface area contributed by atoms with Gasteiger partial charge in [0.1, 0.15) is 0 Å². The molecule has 1 N–H and O–H groups in total. The molecule has 0 aliphatic carbocycles. The number of piperidine rings is 1. The van der Waals surface area contributed by atoms with Crippen molar-refractivity contribution in [2.75, 3.05) is 24.5 Å². The number of hydrogen-bond donors (Lipinski definition) is 1. The maximum atomic E-state index is 13.0. The Bertz CT molecular complexity index is 939. The number of rotatable bonds is 3. The highest BCUT2D eigenvalue weighted by Gasteiger charge is 2.28. The van der Waals surface area contributed by atoms with E-state index in [0.29, 0.717) is 42.5 Å². The fourth-order valence-corrected chi connectivity index (χ4v) is 4.03. The summed E-state index contributed by atoms with van der Waals surface area (Å²) in [7, 11) is 0. The van der Waals surface area contributed by atoms with Crippen LogP contribution in [0.5, 0.6) is 0 Å². The van der Waals surface area contributed by atoms with Crippen LogP contribution in [0, 0.1) is 12.8 Å². The van der Waals surface area contributed by atoms with E-state index in [1.807, 2.05) is 13.8 Å². The van der Waals surface area contributed by atoms with Crippen LogP contribution < -0.4 is 10.5 Å². The van der Waals surface area contributed by atoms with Crippen molar-refractivity contribution < 1.29 is 4.79 Å². The number of fused-ring (bicyclic) bond motifs is 1. The first-order chi connectivity index (χ1) is 13.5. The molecule has 4 rings (SSSR count). The van der Waals surface area contributed by atoms with Gasteiger partial charge in [0, 0.05) is 37.9 Å². The Kier molecular flexibility index (Phi) is 4.95.